The zero-order valence-electron chi connectivity index (χ0n) is 18.2. The molecule has 7 nitrogen and oxygen atoms in total. The number of aliphatic hydroxyl groups excluding tert-OH is 1. The summed E-state index contributed by atoms with van der Waals surface area (Å²) in [7, 11) is 1.75. The zero-order chi connectivity index (χ0) is 21.8. The fourth-order valence-electron chi connectivity index (χ4n) is 4.73. The van der Waals surface area contributed by atoms with Crippen LogP contribution in [-0.4, -0.2) is 64.3 Å². The van der Waals surface area contributed by atoms with Crippen LogP contribution in [0.1, 0.15) is 35.4 Å². The van der Waals surface area contributed by atoms with Gasteiger partial charge in [-0.1, -0.05) is 30.3 Å². The number of β-amino-alcohol motifs (C(OH)–C–C–N with tert-alkyl or cyclic N) is 1. The lowest BCUT2D eigenvalue weighted by molar-refractivity contribution is 0.102. The average Bonchev–Trinajstić information content (AvgIpc) is 2.79. The van der Waals surface area contributed by atoms with Crippen molar-refractivity contribution in [3.63, 3.8) is 0 Å². The molecular formula is C24H32N4O3. The van der Waals surface area contributed by atoms with E-state index in [4.69, 9.17) is 0 Å². The summed E-state index contributed by atoms with van der Waals surface area (Å²) in [6.45, 7) is 3.73. The minimum atomic E-state index is -0.615. The van der Waals surface area contributed by atoms with Gasteiger partial charge in [-0.15, -0.1) is 0 Å². The molecule has 166 valence electrons. The monoisotopic (exact) mass is 424 g/mol. The third-order valence-electron chi connectivity index (χ3n) is 6.47. The van der Waals surface area contributed by atoms with Crippen molar-refractivity contribution in [2.45, 2.75) is 37.8 Å². The smallest absolute Gasteiger partial charge is 0.317 e. The van der Waals surface area contributed by atoms with E-state index in [1.54, 1.807) is 22.7 Å². The molecule has 1 aromatic carbocycles. The molecular weight excluding hydrogens is 392 g/mol. The molecule has 4 rings (SSSR count). The van der Waals surface area contributed by atoms with Crippen LogP contribution in [0, 0.1) is 0 Å². The molecule has 0 aliphatic carbocycles. The molecule has 7 heteroatoms. The number of urea groups is 1. The van der Waals surface area contributed by atoms with Crippen LogP contribution in [0.4, 0.5) is 4.79 Å². The largest absolute Gasteiger partial charge is 0.390 e. The first-order chi connectivity index (χ1) is 15.0. The van der Waals surface area contributed by atoms with Gasteiger partial charge < -0.3 is 19.9 Å². The van der Waals surface area contributed by atoms with Gasteiger partial charge in [0.25, 0.3) is 5.56 Å². The van der Waals surface area contributed by atoms with Gasteiger partial charge in [0.1, 0.15) is 0 Å². The first kappa shape index (κ1) is 21.6. The highest BCUT2D eigenvalue weighted by Gasteiger charge is 2.27. The van der Waals surface area contributed by atoms with Crippen LogP contribution >= 0.6 is 0 Å². The van der Waals surface area contributed by atoms with Gasteiger partial charge in [0.2, 0.25) is 0 Å². The summed E-state index contributed by atoms with van der Waals surface area (Å²) in [4.78, 5) is 29.1. The molecule has 0 saturated carbocycles. The predicted octanol–water partition coefficient (Wildman–Crippen LogP) is 1.69. The molecule has 0 radical (unpaired) electrons. The molecule has 2 aliphatic heterocycles. The van der Waals surface area contributed by atoms with Gasteiger partial charge in [0.15, 0.2) is 0 Å². The molecule has 2 aromatic rings. The second-order valence-corrected chi connectivity index (χ2v) is 8.76. The predicted molar refractivity (Wildman–Crippen MR) is 120 cm³/mol. The molecule has 3 heterocycles. The Labute approximate surface area is 183 Å². The minimum absolute atomic E-state index is 0.00767. The van der Waals surface area contributed by atoms with Crippen molar-refractivity contribution in [3.05, 3.63) is 69.6 Å². The quantitative estimate of drug-likeness (QED) is 0.766. The van der Waals surface area contributed by atoms with Crippen molar-refractivity contribution in [1.82, 2.24) is 19.7 Å². The van der Waals surface area contributed by atoms with Crippen molar-refractivity contribution < 1.29 is 9.90 Å². The Bertz CT molecular complexity index is 973. The first-order valence-corrected chi connectivity index (χ1v) is 11.2. The van der Waals surface area contributed by atoms with E-state index < -0.39 is 6.10 Å². The molecule has 1 saturated heterocycles. The van der Waals surface area contributed by atoms with Gasteiger partial charge in [-0.05, 0) is 36.5 Å². The number of benzene rings is 1. The van der Waals surface area contributed by atoms with E-state index in [1.165, 1.54) is 11.1 Å². The summed E-state index contributed by atoms with van der Waals surface area (Å²) in [6, 6.07) is 12.0. The Morgan fingerprint density at radius 1 is 1.19 bits per heavy atom. The van der Waals surface area contributed by atoms with E-state index in [0.29, 0.717) is 19.6 Å². The number of nitrogens with zero attached hydrogens (tertiary/aromatic N) is 3. The first-order valence-electron chi connectivity index (χ1n) is 11.2. The maximum Gasteiger partial charge on any atom is 0.317 e. The van der Waals surface area contributed by atoms with Crippen molar-refractivity contribution in [3.8, 4) is 0 Å². The summed E-state index contributed by atoms with van der Waals surface area (Å²) in [5.41, 5.74) is 3.48. The van der Waals surface area contributed by atoms with E-state index in [-0.39, 0.29) is 24.1 Å². The van der Waals surface area contributed by atoms with Crippen LogP contribution in [0.25, 0.3) is 0 Å². The number of carbonyl (C=O) groups excluding carboxylic acids is 1. The molecule has 31 heavy (non-hydrogen) atoms. The fourth-order valence-corrected chi connectivity index (χ4v) is 4.73. The van der Waals surface area contributed by atoms with Crippen LogP contribution in [-0.2, 0) is 20.0 Å². The standard InChI is InChI=1S/C24H32N4O3/c1-26-11-5-9-22(23(26)30)20-8-4-12-28(16-20)24(31)25-14-21(29)17-27-13-10-18-6-2-3-7-19(18)15-27/h2-3,5-7,9,11,20-21,29H,4,8,10,12-17H2,1H3,(H,25,31). The highest BCUT2D eigenvalue weighted by atomic mass is 16.3. The summed E-state index contributed by atoms with van der Waals surface area (Å²) in [5.74, 6) is 0.0535. The maximum absolute atomic E-state index is 12.7. The Balaban J connectivity index is 1.26. The number of amides is 2. The van der Waals surface area contributed by atoms with Crippen molar-refractivity contribution >= 4 is 6.03 Å². The lowest BCUT2D eigenvalue weighted by atomic mass is 9.91. The van der Waals surface area contributed by atoms with Crippen molar-refractivity contribution in [2.75, 3.05) is 32.7 Å². The SMILES string of the molecule is Cn1cccc(C2CCCN(C(=O)NCC(O)CN3CCc4ccccc4C3)C2)c1=O. The van der Waals surface area contributed by atoms with Crippen LogP contribution < -0.4 is 10.9 Å². The molecule has 2 aliphatic rings. The van der Waals surface area contributed by atoms with E-state index in [0.717, 1.165) is 37.9 Å². The van der Waals surface area contributed by atoms with E-state index >= 15 is 0 Å². The van der Waals surface area contributed by atoms with Crippen molar-refractivity contribution in [1.29, 1.82) is 0 Å². The van der Waals surface area contributed by atoms with Crippen LogP contribution in [0.3, 0.4) is 0 Å². The third kappa shape index (κ3) is 5.17. The van der Waals surface area contributed by atoms with E-state index in [2.05, 4.69) is 34.5 Å². The summed E-state index contributed by atoms with van der Waals surface area (Å²) >= 11 is 0. The number of carbonyl (C=O) groups is 1. The summed E-state index contributed by atoms with van der Waals surface area (Å²) < 4.78 is 1.59. The Morgan fingerprint density at radius 3 is 2.84 bits per heavy atom. The highest BCUT2D eigenvalue weighted by Crippen LogP contribution is 2.24. The molecule has 2 amide bonds. The number of pyridine rings is 1. The van der Waals surface area contributed by atoms with E-state index in [1.807, 2.05) is 12.1 Å². The van der Waals surface area contributed by atoms with Gasteiger partial charge in [-0.3, -0.25) is 9.69 Å². The topological polar surface area (TPSA) is 77.8 Å². The third-order valence-corrected chi connectivity index (χ3v) is 6.47. The molecule has 1 aromatic heterocycles. The highest BCUT2D eigenvalue weighted by molar-refractivity contribution is 5.74. The number of aryl methyl sites for hydroxylation is 1. The van der Waals surface area contributed by atoms with Crippen molar-refractivity contribution in [2.24, 2.45) is 7.05 Å². The molecule has 1 fully saturated rings. The molecule has 0 bridgehead atoms. The Morgan fingerprint density at radius 2 is 2.00 bits per heavy atom. The average molecular weight is 425 g/mol. The molecule has 2 unspecified atom stereocenters. The zero-order valence-corrected chi connectivity index (χ0v) is 18.2. The summed E-state index contributed by atoms with van der Waals surface area (Å²) in [6.07, 6.45) is 3.90. The number of rotatable bonds is 5. The second-order valence-electron chi connectivity index (χ2n) is 8.76. The van der Waals surface area contributed by atoms with Gasteiger partial charge in [0, 0.05) is 64.0 Å². The lowest BCUT2D eigenvalue weighted by Crippen LogP contribution is -2.49. The maximum atomic E-state index is 12.7. The van der Waals surface area contributed by atoms with Gasteiger partial charge >= 0.3 is 6.03 Å². The number of piperidine rings is 1. The second kappa shape index (κ2) is 9.66. The van der Waals surface area contributed by atoms with Gasteiger partial charge in [0.05, 0.1) is 6.10 Å². The number of aliphatic hydroxyl groups is 1. The summed E-state index contributed by atoms with van der Waals surface area (Å²) in [5, 5.41) is 13.4. The van der Waals surface area contributed by atoms with E-state index in [9.17, 15) is 14.7 Å². The van der Waals surface area contributed by atoms with Crippen LogP contribution in [0.5, 0.6) is 0 Å². The van der Waals surface area contributed by atoms with Gasteiger partial charge in [-0.2, -0.15) is 0 Å². The minimum Gasteiger partial charge on any atom is -0.390 e. The Hall–Kier alpha value is -2.64. The number of nitrogens with one attached hydrogen (secondary N) is 1. The van der Waals surface area contributed by atoms with Gasteiger partial charge in [-0.25, -0.2) is 4.79 Å². The number of fused-ring (bicyclic) bond motifs is 1. The number of hydrogen-bond donors (Lipinski definition) is 2. The fraction of sp³-hybridized carbons (Fsp3) is 0.500. The molecule has 0 spiro atoms. The van der Waals surface area contributed by atoms with Crippen LogP contribution in [0.2, 0.25) is 0 Å². The number of likely N-dealkylation sites (tertiary alicyclic amines) is 1. The lowest BCUT2D eigenvalue weighted by Gasteiger charge is -2.33. The molecule has 2 N–H and O–H groups in total. The number of hydrogen-bond acceptors (Lipinski definition) is 4. The van der Waals surface area contributed by atoms with Crippen LogP contribution in [0.15, 0.2) is 47.4 Å². The Kier molecular flexibility index (Phi) is 6.73. The normalized spacial score (nSPS) is 20.2. The molecule has 2 atom stereocenters. The number of aromatic nitrogens is 1.